The summed E-state index contributed by atoms with van der Waals surface area (Å²) in [7, 11) is -2.24. The van der Waals surface area contributed by atoms with Crippen molar-refractivity contribution in [2.75, 3.05) is 10.0 Å². The van der Waals surface area contributed by atoms with Gasteiger partial charge in [0, 0.05) is 31.9 Å². The molecular formula is C15H15ClN6O3S2. The number of nitrogens with zero attached hydrogens (tertiary/aromatic N) is 4. The Morgan fingerprint density at radius 3 is 2.70 bits per heavy atom. The van der Waals surface area contributed by atoms with Gasteiger partial charge in [-0.2, -0.15) is 8.42 Å². The predicted molar refractivity (Wildman–Crippen MR) is 103 cm³/mol. The standard InChI is InChI=1S/C15H15ClN6O3S2/c1-8-13(26-15(19-8)20-9(2)23)10-4-11(14(16)17-5-10)21-27(24,25)12-6-22(3)7-18-12/h4-7,21H,1-3H3,(H,19,20,23). The first-order valence-electron chi connectivity index (χ1n) is 7.57. The van der Waals surface area contributed by atoms with Crippen LogP contribution in [0.4, 0.5) is 10.8 Å². The lowest BCUT2D eigenvalue weighted by Crippen LogP contribution is -2.14. The molecule has 0 aromatic carbocycles. The maximum absolute atomic E-state index is 12.5. The monoisotopic (exact) mass is 426 g/mol. The van der Waals surface area contributed by atoms with Crippen LogP contribution >= 0.6 is 22.9 Å². The molecule has 3 aromatic rings. The second-order valence-corrected chi connectivity index (χ2v) is 8.65. The van der Waals surface area contributed by atoms with E-state index in [4.69, 9.17) is 11.6 Å². The molecule has 0 unspecified atom stereocenters. The number of anilines is 2. The number of sulfonamides is 1. The molecule has 1 amide bonds. The van der Waals surface area contributed by atoms with Gasteiger partial charge in [-0.15, -0.1) is 0 Å². The molecule has 0 aliphatic carbocycles. The van der Waals surface area contributed by atoms with Gasteiger partial charge in [0.25, 0.3) is 10.0 Å². The molecule has 0 saturated carbocycles. The van der Waals surface area contributed by atoms with Gasteiger partial charge in [0.1, 0.15) is 0 Å². The minimum atomic E-state index is -3.91. The number of carbonyl (C=O) groups excluding carboxylic acids is 1. The van der Waals surface area contributed by atoms with Crippen LogP contribution in [0.2, 0.25) is 5.15 Å². The Balaban J connectivity index is 1.96. The minimum absolute atomic E-state index is 0.00232. The molecule has 27 heavy (non-hydrogen) atoms. The Morgan fingerprint density at radius 1 is 1.33 bits per heavy atom. The number of rotatable bonds is 5. The highest BCUT2D eigenvalue weighted by molar-refractivity contribution is 7.92. The molecule has 0 fully saturated rings. The number of hydrogen-bond donors (Lipinski definition) is 2. The number of halogens is 1. The van der Waals surface area contributed by atoms with Crippen LogP contribution in [0.1, 0.15) is 12.6 Å². The first kappa shape index (κ1) is 19.3. The quantitative estimate of drug-likeness (QED) is 0.605. The van der Waals surface area contributed by atoms with E-state index in [-0.39, 0.29) is 21.8 Å². The summed E-state index contributed by atoms with van der Waals surface area (Å²) in [6.45, 7) is 3.17. The van der Waals surface area contributed by atoms with Crippen LogP contribution in [-0.2, 0) is 21.9 Å². The van der Waals surface area contributed by atoms with Crippen LogP contribution in [0.3, 0.4) is 0 Å². The number of imidazole rings is 1. The maximum atomic E-state index is 12.5. The van der Waals surface area contributed by atoms with Crippen LogP contribution in [0.5, 0.6) is 0 Å². The molecule has 0 aliphatic heterocycles. The second-order valence-electron chi connectivity index (χ2n) is 5.66. The molecule has 3 aromatic heterocycles. The van der Waals surface area contributed by atoms with Gasteiger partial charge < -0.3 is 9.88 Å². The summed E-state index contributed by atoms with van der Waals surface area (Å²) in [4.78, 5) is 24.1. The zero-order valence-corrected chi connectivity index (χ0v) is 16.9. The van der Waals surface area contributed by atoms with E-state index in [0.717, 1.165) is 4.88 Å². The fourth-order valence-corrected chi connectivity index (χ4v) is 4.48. The third-order valence-corrected chi connectivity index (χ3v) is 6.05. The van der Waals surface area contributed by atoms with Crippen LogP contribution in [0.25, 0.3) is 10.4 Å². The van der Waals surface area contributed by atoms with Crippen molar-refractivity contribution in [1.82, 2.24) is 19.5 Å². The van der Waals surface area contributed by atoms with Crippen molar-refractivity contribution in [3.63, 3.8) is 0 Å². The number of hydrogen-bond acceptors (Lipinski definition) is 7. The van der Waals surface area contributed by atoms with Gasteiger partial charge in [0.05, 0.1) is 22.6 Å². The zero-order valence-electron chi connectivity index (χ0n) is 14.5. The van der Waals surface area contributed by atoms with Gasteiger partial charge in [0.15, 0.2) is 15.3 Å². The predicted octanol–water partition coefficient (Wildman–Crippen LogP) is 2.66. The third-order valence-electron chi connectivity index (χ3n) is 3.38. The van der Waals surface area contributed by atoms with Gasteiger partial charge in [0.2, 0.25) is 5.91 Å². The highest BCUT2D eigenvalue weighted by Gasteiger charge is 2.20. The van der Waals surface area contributed by atoms with E-state index in [9.17, 15) is 13.2 Å². The van der Waals surface area contributed by atoms with Crippen molar-refractivity contribution in [2.24, 2.45) is 7.05 Å². The molecule has 0 radical (unpaired) electrons. The zero-order chi connectivity index (χ0) is 19.8. The molecule has 0 saturated heterocycles. The van der Waals surface area contributed by atoms with Crippen molar-refractivity contribution >= 4 is 49.7 Å². The molecule has 12 heteroatoms. The Hall–Kier alpha value is -2.50. The number of pyridine rings is 1. The Bertz CT molecular complexity index is 1120. The van der Waals surface area contributed by atoms with Crippen molar-refractivity contribution in [2.45, 2.75) is 18.9 Å². The van der Waals surface area contributed by atoms with Crippen molar-refractivity contribution < 1.29 is 13.2 Å². The van der Waals surface area contributed by atoms with Crippen LogP contribution in [0.15, 0.2) is 29.8 Å². The summed E-state index contributed by atoms with van der Waals surface area (Å²) in [6.07, 6.45) is 4.27. The van der Waals surface area contributed by atoms with Gasteiger partial charge in [-0.1, -0.05) is 22.9 Å². The molecule has 0 bridgehead atoms. The van der Waals surface area contributed by atoms with E-state index < -0.39 is 10.0 Å². The molecule has 3 rings (SSSR count). The highest BCUT2D eigenvalue weighted by atomic mass is 35.5. The molecular weight excluding hydrogens is 412 g/mol. The molecule has 2 N–H and O–H groups in total. The van der Waals surface area contributed by atoms with Gasteiger partial charge in [-0.3, -0.25) is 9.52 Å². The molecule has 9 nitrogen and oxygen atoms in total. The largest absolute Gasteiger partial charge is 0.339 e. The number of thiazole rings is 1. The summed E-state index contributed by atoms with van der Waals surface area (Å²) in [5.74, 6) is -0.228. The van der Waals surface area contributed by atoms with E-state index in [2.05, 4.69) is 25.0 Å². The lowest BCUT2D eigenvalue weighted by atomic mass is 10.2. The van der Waals surface area contributed by atoms with Crippen LogP contribution < -0.4 is 10.0 Å². The first-order chi connectivity index (χ1) is 12.7. The van der Waals surface area contributed by atoms with Gasteiger partial charge in [-0.05, 0) is 13.0 Å². The van der Waals surface area contributed by atoms with Crippen molar-refractivity contribution in [3.05, 3.63) is 35.6 Å². The fourth-order valence-electron chi connectivity index (χ4n) is 2.24. The van der Waals surface area contributed by atoms with Gasteiger partial charge in [-0.25, -0.2) is 15.0 Å². The molecule has 0 aliphatic rings. The number of amides is 1. The van der Waals surface area contributed by atoms with Crippen molar-refractivity contribution in [3.8, 4) is 10.4 Å². The number of carbonyl (C=O) groups is 1. The topological polar surface area (TPSA) is 119 Å². The molecule has 3 heterocycles. The fraction of sp³-hybridized carbons (Fsp3) is 0.200. The SMILES string of the molecule is CC(=O)Nc1nc(C)c(-c2cnc(Cl)c(NS(=O)(=O)c3cn(C)cn3)c2)s1. The van der Waals surface area contributed by atoms with Crippen LogP contribution in [-0.4, -0.2) is 33.8 Å². The Kier molecular flexibility index (Phi) is 5.18. The number of aryl methyl sites for hydroxylation is 2. The van der Waals surface area contributed by atoms with Crippen LogP contribution in [0, 0.1) is 6.92 Å². The third kappa shape index (κ3) is 4.26. The lowest BCUT2D eigenvalue weighted by molar-refractivity contribution is -0.114. The lowest BCUT2D eigenvalue weighted by Gasteiger charge is -2.09. The maximum Gasteiger partial charge on any atom is 0.281 e. The molecule has 142 valence electrons. The summed E-state index contributed by atoms with van der Waals surface area (Å²) in [6, 6.07) is 1.56. The van der Waals surface area contributed by atoms with Gasteiger partial charge >= 0.3 is 0 Å². The smallest absolute Gasteiger partial charge is 0.281 e. The van der Waals surface area contributed by atoms with E-state index in [1.807, 2.05) is 0 Å². The summed E-state index contributed by atoms with van der Waals surface area (Å²) < 4.78 is 28.9. The number of nitrogens with one attached hydrogen (secondary N) is 2. The van der Waals surface area contributed by atoms with E-state index >= 15 is 0 Å². The minimum Gasteiger partial charge on any atom is -0.339 e. The Morgan fingerprint density at radius 2 is 2.07 bits per heavy atom. The first-order valence-corrected chi connectivity index (χ1v) is 10.2. The summed E-state index contributed by atoms with van der Waals surface area (Å²) in [5.41, 5.74) is 1.41. The van der Waals surface area contributed by atoms with E-state index in [1.165, 1.54) is 41.5 Å². The summed E-state index contributed by atoms with van der Waals surface area (Å²) >= 11 is 7.32. The average Bonchev–Trinajstić information content (AvgIpc) is 3.15. The average molecular weight is 427 g/mol. The number of aromatic nitrogens is 4. The molecule has 0 atom stereocenters. The van der Waals surface area contributed by atoms with Crippen molar-refractivity contribution in [1.29, 1.82) is 0 Å². The normalized spacial score (nSPS) is 11.4. The highest BCUT2D eigenvalue weighted by Crippen LogP contribution is 2.35. The second kappa shape index (κ2) is 7.25. The van der Waals surface area contributed by atoms with E-state index in [0.29, 0.717) is 16.4 Å². The van der Waals surface area contributed by atoms with E-state index in [1.54, 1.807) is 20.0 Å². The molecule has 0 spiro atoms. The summed E-state index contributed by atoms with van der Waals surface area (Å²) in [5, 5.41) is 2.94. The Labute approximate surface area is 164 Å².